The van der Waals surface area contributed by atoms with Gasteiger partial charge in [-0.05, 0) is 88.0 Å². The first kappa shape index (κ1) is 32.8. The number of carboxylic acid groups (broad SMARTS) is 1. The largest absolute Gasteiger partial charge is 0.481 e. The number of nitrogens with one attached hydrogen (secondary N) is 1. The summed E-state index contributed by atoms with van der Waals surface area (Å²) >= 11 is 0. The summed E-state index contributed by atoms with van der Waals surface area (Å²) < 4.78 is 15.7. The highest BCUT2D eigenvalue weighted by atomic mass is 19.1. The van der Waals surface area contributed by atoms with E-state index in [-0.39, 0.29) is 23.8 Å². The summed E-state index contributed by atoms with van der Waals surface area (Å²) in [5.41, 5.74) is 4.29. The average molecular weight is 659 g/mol. The molecule has 1 aliphatic carbocycles. The molecule has 0 radical (unpaired) electrons. The van der Waals surface area contributed by atoms with Crippen LogP contribution in [0.25, 0.3) is 0 Å². The molecule has 2 aromatic heterocycles. The van der Waals surface area contributed by atoms with Gasteiger partial charge in [-0.2, -0.15) is 10.1 Å². The van der Waals surface area contributed by atoms with Crippen LogP contribution in [0.4, 0.5) is 21.8 Å². The highest BCUT2D eigenvalue weighted by molar-refractivity contribution is 5.70. The molecular weight excluding hydrogens is 607 g/mol. The topological polar surface area (TPSA) is 103 Å². The Hall–Kier alpha value is -3.73. The van der Waals surface area contributed by atoms with Crippen molar-refractivity contribution in [2.24, 2.45) is 18.9 Å². The van der Waals surface area contributed by atoms with Crippen molar-refractivity contribution in [3.05, 3.63) is 59.3 Å². The molecule has 2 bridgehead atoms. The molecule has 1 aromatic carbocycles. The van der Waals surface area contributed by atoms with Crippen molar-refractivity contribution in [1.82, 2.24) is 24.6 Å². The fraction of sp³-hybridized carbons (Fsp3) is 0.622. The highest BCUT2D eigenvalue weighted by Crippen LogP contribution is 2.39. The van der Waals surface area contributed by atoms with E-state index in [1.54, 1.807) is 0 Å². The SMILES string of the molecule is CC[C@H](C1CCC(C(=O)O)CC1)N(C)c1nc2c(c(N[C@@H](CN3C4CCCC3CC4)c3cnn(C)c3)n1)CN(c1ccc(F)cc1)CC2. The lowest BCUT2D eigenvalue weighted by atomic mass is 9.77. The quantitative estimate of drug-likeness (QED) is 0.250. The highest BCUT2D eigenvalue weighted by Gasteiger charge is 2.39. The van der Waals surface area contributed by atoms with E-state index in [9.17, 15) is 14.3 Å². The third-order valence-corrected chi connectivity index (χ3v) is 11.8. The lowest BCUT2D eigenvalue weighted by Gasteiger charge is -2.39. The zero-order chi connectivity index (χ0) is 33.4. The maximum absolute atomic E-state index is 13.8. The number of benzene rings is 1. The first-order valence-corrected chi connectivity index (χ1v) is 18.1. The van der Waals surface area contributed by atoms with Crippen molar-refractivity contribution in [2.75, 3.05) is 35.3 Å². The molecule has 4 aliphatic rings. The van der Waals surface area contributed by atoms with Gasteiger partial charge in [0.1, 0.15) is 11.6 Å². The standard InChI is InChI=1S/C37H51FN8O2/c1-4-34(24-8-10-25(11-9-24)36(47)48)44(3)37-41-32-18-19-45(28-14-12-27(38)13-15-28)22-31(32)35(42-37)40-33(26-20-39-43(2)21-26)23-46-29-6-5-7-30(46)17-16-29/h12-15,20-21,24-25,29-30,33-34H,4-11,16-19,22-23H2,1-3H3,(H,47,48)(H,40,41,42)/t24?,25?,29?,30?,33-,34+/m0/s1. The Bertz CT molecular complexity index is 1560. The monoisotopic (exact) mass is 658 g/mol. The van der Waals surface area contributed by atoms with Crippen LogP contribution in [0.3, 0.4) is 0 Å². The predicted octanol–water partition coefficient (Wildman–Crippen LogP) is 6.19. The van der Waals surface area contributed by atoms with Crippen LogP contribution in [0.15, 0.2) is 36.7 Å². The van der Waals surface area contributed by atoms with Crippen LogP contribution in [-0.2, 0) is 24.8 Å². The summed E-state index contributed by atoms with van der Waals surface area (Å²) in [7, 11) is 4.08. The van der Waals surface area contributed by atoms with Crippen molar-refractivity contribution in [3.8, 4) is 0 Å². The number of piperidine rings is 1. The minimum Gasteiger partial charge on any atom is -0.481 e. The summed E-state index contributed by atoms with van der Waals surface area (Å²) in [6, 6.07) is 8.27. The molecule has 4 atom stereocenters. The molecule has 0 amide bonds. The summed E-state index contributed by atoms with van der Waals surface area (Å²) in [6.07, 6.45) is 15.5. The number of hydrogen-bond acceptors (Lipinski definition) is 8. The van der Waals surface area contributed by atoms with Gasteiger partial charge in [-0.1, -0.05) is 13.3 Å². The van der Waals surface area contributed by atoms with Crippen LogP contribution in [0.2, 0.25) is 0 Å². The van der Waals surface area contributed by atoms with Gasteiger partial charge in [0.05, 0.1) is 23.9 Å². The second kappa shape index (κ2) is 14.0. The van der Waals surface area contributed by atoms with E-state index in [2.05, 4.69) is 45.3 Å². The lowest BCUT2D eigenvalue weighted by Crippen LogP contribution is -2.43. The van der Waals surface area contributed by atoms with Crippen molar-refractivity contribution in [2.45, 2.75) is 108 Å². The van der Waals surface area contributed by atoms with Crippen molar-refractivity contribution in [1.29, 1.82) is 0 Å². The summed E-state index contributed by atoms with van der Waals surface area (Å²) in [5, 5.41) is 18.1. The molecule has 11 heteroatoms. The molecule has 1 saturated carbocycles. The predicted molar refractivity (Wildman–Crippen MR) is 186 cm³/mol. The van der Waals surface area contributed by atoms with Crippen molar-refractivity contribution in [3.63, 3.8) is 0 Å². The summed E-state index contributed by atoms with van der Waals surface area (Å²) in [5.74, 6) is 0.848. The number of fused-ring (bicyclic) bond motifs is 3. The van der Waals surface area contributed by atoms with Crippen LogP contribution >= 0.6 is 0 Å². The maximum atomic E-state index is 13.8. The summed E-state index contributed by atoms with van der Waals surface area (Å²) in [4.78, 5) is 29.5. The van der Waals surface area contributed by atoms with Gasteiger partial charge in [0.25, 0.3) is 0 Å². The van der Waals surface area contributed by atoms with Gasteiger partial charge in [-0.25, -0.2) is 9.37 Å². The normalized spacial score (nSPS) is 25.4. The first-order chi connectivity index (χ1) is 23.3. The van der Waals surface area contributed by atoms with Gasteiger partial charge in [-0.3, -0.25) is 14.4 Å². The van der Waals surface area contributed by atoms with Crippen molar-refractivity contribution < 1.29 is 14.3 Å². The van der Waals surface area contributed by atoms with E-state index >= 15 is 0 Å². The minimum atomic E-state index is -0.668. The van der Waals surface area contributed by atoms with E-state index in [0.29, 0.717) is 24.5 Å². The molecule has 0 spiro atoms. The molecule has 2 saturated heterocycles. The van der Waals surface area contributed by atoms with Gasteiger partial charge in [0, 0.05) is 81.3 Å². The van der Waals surface area contributed by atoms with E-state index in [1.165, 1.54) is 44.2 Å². The molecular formula is C37H51FN8O2. The second-order valence-electron chi connectivity index (χ2n) is 14.6. The number of halogens is 1. The number of aryl methyl sites for hydroxylation is 1. The van der Waals surface area contributed by atoms with Gasteiger partial charge in [-0.15, -0.1) is 0 Å². The van der Waals surface area contributed by atoms with Gasteiger partial charge >= 0.3 is 5.97 Å². The Kier molecular flexibility index (Phi) is 9.58. The molecule has 258 valence electrons. The van der Waals surface area contributed by atoms with E-state index in [4.69, 9.17) is 9.97 Å². The zero-order valence-corrected chi connectivity index (χ0v) is 28.7. The second-order valence-corrected chi connectivity index (χ2v) is 14.6. The van der Waals surface area contributed by atoms with Gasteiger partial charge in [0.2, 0.25) is 5.95 Å². The molecule has 5 heterocycles. The number of rotatable bonds is 11. The van der Waals surface area contributed by atoms with Gasteiger partial charge in [0.15, 0.2) is 0 Å². The number of anilines is 3. The summed E-state index contributed by atoms with van der Waals surface area (Å²) in [6.45, 7) is 4.54. The Labute approximate surface area is 283 Å². The number of nitrogens with zero attached hydrogens (tertiary/aromatic N) is 7. The molecule has 2 N–H and O–H groups in total. The molecule has 7 rings (SSSR count). The molecule has 3 aromatic rings. The molecule has 3 fully saturated rings. The third-order valence-electron chi connectivity index (χ3n) is 11.8. The van der Waals surface area contributed by atoms with E-state index in [0.717, 1.165) is 85.9 Å². The van der Waals surface area contributed by atoms with E-state index in [1.807, 2.05) is 30.1 Å². The Balaban J connectivity index is 1.22. The molecule has 48 heavy (non-hydrogen) atoms. The first-order valence-electron chi connectivity index (χ1n) is 18.1. The number of hydrogen-bond donors (Lipinski definition) is 2. The number of aliphatic carboxylic acids is 1. The Morgan fingerprint density at radius 3 is 2.44 bits per heavy atom. The Morgan fingerprint density at radius 1 is 1.06 bits per heavy atom. The maximum Gasteiger partial charge on any atom is 0.306 e. The lowest BCUT2D eigenvalue weighted by molar-refractivity contribution is -0.143. The van der Waals surface area contributed by atoms with Crippen LogP contribution in [0.1, 0.15) is 94.0 Å². The van der Waals surface area contributed by atoms with Crippen LogP contribution < -0.4 is 15.1 Å². The van der Waals surface area contributed by atoms with E-state index < -0.39 is 5.97 Å². The molecule has 3 aliphatic heterocycles. The zero-order valence-electron chi connectivity index (χ0n) is 28.7. The third kappa shape index (κ3) is 6.75. The fourth-order valence-corrected chi connectivity index (χ4v) is 9.13. The smallest absolute Gasteiger partial charge is 0.306 e. The van der Waals surface area contributed by atoms with Crippen LogP contribution in [-0.4, -0.2) is 74.0 Å². The van der Waals surface area contributed by atoms with Gasteiger partial charge < -0.3 is 20.2 Å². The van der Waals surface area contributed by atoms with Crippen LogP contribution in [0.5, 0.6) is 0 Å². The molecule has 2 unspecified atom stereocenters. The van der Waals surface area contributed by atoms with Crippen LogP contribution in [0, 0.1) is 17.7 Å². The molecule has 10 nitrogen and oxygen atoms in total. The average Bonchev–Trinajstić information content (AvgIpc) is 3.61. The Morgan fingerprint density at radius 2 is 1.79 bits per heavy atom. The number of carboxylic acids is 1. The van der Waals surface area contributed by atoms with Crippen molar-refractivity contribution >= 4 is 23.4 Å². The number of carbonyl (C=O) groups is 1. The minimum absolute atomic E-state index is 0.00604. The number of aromatic nitrogens is 4. The fourth-order valence-electron chi connectivity index (χ4n) is 9.13.